The maximum absolute atomic E-state index is 13.7. The highest BCUT2D eigenvalue weighted by Crippen LogP contribution is 2.19. The van der Waals surface area contributed by atoms with Crippen molar-refractivity contribution in [2.75, 3.05) is 6.61 Å². The minimum absolute atomic E-state index is 0.0121. The maximum atomic E-state index is 13.7. The molecule has 19 heavy (non-hydrogen) atoms. The van der Waals surface area contributed by atoms with E-state index in [2.05, 4.69) is 0 Å². The van der Waals surface area contributed by atoms with E-state index in [9.17, 15) is 9.50 Å². The summed E-state index contributed by atoms with van der Waals surface area (Å²) in [4.78, 5) is 0. The topological polar surface area (TPSA) is 20.2 Å². The monoisotopic (exact) mass is 278 g/mol. The lowest BCUT2D eigenvalue weighted by atomic mass is 9.93. The zero-order chi connectivity index (χ0) is 13.7. The SMILES string of the molecule is OCC(Cc1ccccc1)Cc1ccc(Cl)cc1F. The van der Waals surface area contributed by atoms with Gasteiger partial charge in [-0.05, 0) is 42.0 Å². The summed E-state index contributed by atoms with van der Waals surface area (Å²) < 4.78 is 13.7. The van der Waals surface area contributed by atoms with Crippen molar-refractivity contribution >= 4 is 11.6 Å². The summed E-state index contributed by atoms with van der Waals surface area (Å²) in [6.07, 6.45) is 1.24. The molecule has 0 amide bonds. The summed E-state index contributed by atoms with van der Waals surface area (Å²) in [6, 6.07) is 14.6. The van der Waals surface area contributed by atoms with E-state index in [1.165, 1.54) is 6.07 Å². The van der Waals surface area contributed by atoms with Crippen LogP contribution >= 0.6 is 11.6 Å². The number of aliphatic hydroxyl groups is 1. The van der Waals surface area contributed by atoms with Gasteiger partial charge in [-0.2, -0.15) is 0 Å². The molecule has 0 heterocycles. The summed E-state index contributed by atoms with van der Waals surface area (Å²) in [5, 5.41) is 9.84. The van der Waals surface area contributed by atoms with Crippen molar-refractivity contribution in [3.8, 4) is 0 Å². The normalized spacial score (nSPS) is 12.4. The quantitative estimate of drug-likeness (QED) is 0.880. The van der Waals surface area contributed by atoms with Gasteiger partial charge in [0.1, 0.15) is 5.82 Å². The lowest BCUT2D eigenvalue weighted by Crippen LogP contribution is -2.13. The highest BCUT2D eigenvalue weighted by atomic mass is 35.5. The van der Waals surface area contributed by atoms with Crippen LogP contribution in [-0.4, -0.2) is 11.7 Å². The van der Waals surface area contributed by atoms with Crippen molar-refractivity contribution in [2.24, 2.45) is 5.92 Å². The molecule has 0 aliphatic heterocycles. The van der Waals surface area contributed by atoms with Crippen LogP contribution in [0, 0.1) is 11.7 Å². The number of halogens is 2. The molecule has 3 heteroatoms. The van der Waals surface area contributed by atoms with Gasteiger partial charge in [-0.25, -0.2) is 4.39 Å². The highest BCUT2D eigenvalue weighted by molar-refractivity contribution is 6.30. The molecule has 0 fully saturated rings. The van der Waals surface area contributed by atoms with Gasteiger partial charge >= 0.3 is 0 Å². The van der Waals surface area contributed by atoms with E-state index in [4.69, 9.17) is 11.6 Å². The summed E-state index contributed by atoms with van der Waals surface area (Å²) in [5.41, 5.74) is 1.75. The third-order valence-electron chi connectivity index (χ3n) is 3.15. The predicted molar refractivity (Wildman–Crippen MR) is 75.8 cm³/mol. The fraction of sp³-hybridized carbons (Fsp3) is 0.250. The average Bonchev–Trinajstić information content (AvgIpc) is 2.42. The van der Waals surface area contributed by atoms with Crippen molar-refractivity contribution in [1.82, 2.24) is 0 Å². The molecular formula is C16H16ClFO. The lowest BCUT2D eigenvalue weighted by Gasteiger charge is -2.15. The predicted octanol–water partition coefficient (Wildman–Crippen LogP) is 3.87. The van der Waals surface area contributed by atoms with E-state index in [1.807, 2.05) is 30.3 Å². The van der Waals surface area contributed by atoms with E-state index in [1.54, 1.807) is 12.1 Å². The second-order valence-electron chi connectivity index (χ2n) is 4.68. The molecule has 0 bridgehead atoms. The summed E-state index contributed by atoms with van der Waals surface area (Å²) in [7, 11) is 0. The first-order valence-electron chi connectivity index (χ1n) is 6.27. The van der Waals surface area contributed by atoms with Crippen molar-refractivity contribution in [1.29, 1.82) is 0 Å². The third kappa shape index (κ3) is 4.05. The van der Waals surface area contributed by atoms with Crippen LogP contribution in [0.3, 0.4) is 0 Å². The molecule has 2 rings (SSSR count). The average molecular weight is 279 g/mol. The smallest absolute Gasteiger partial charge is 0.127 e. The first-order chi connectivity index (χ1) is 9.19. The molecule has 0 aliphatic rings. The molecule has 2 aromatic rings. The molecule has 0 saturated carbocycles. The maximum Gasteiger partial charge on any atom is 0.127 e. The molecule has 1 nitrogen and oxygen atoms in total. The largest absolute Gasteiger partial charge is 0.396 e. The molecule has 1 atom stereocenters. The molecule has 0 spiro atoms. The van der Waals surface area contributed by atoms with Gasteiger partial charge in [0.2, 0.25) is 0 Å². The van der Waals surface area contributed by atoms with Crippen LogP contribution in [-0.2, 0) is 12.8 Å². The van der Waals surface area contributed by atoms with Crippen LogP contribution in [0.5, 0.6) is 0 Å². The number of aliphatic hydroxyl groups excluding tert-OH is 1. The Kier molecular flexibility index (Phi) is 4.94. The van der Waals surface area contributed by atoms with Gasteiger partial charge < -0.3 is 5.11 Å². The van der Waals surface area contributed by atoms with Crippen molar-refractivity contribution < 1.29 is 9.50 Å². The van der Waals surface area contributed by atoms with Gasteiger partial charge in [-0.15, -0.1) is 0 Å². The summed E-state index contributed by atoms with van der Waals surface area (Å²) in [6.45, 7) is 0.0387. The number of hydrogen-bond donors (Lipinski definition) is 1. The number of hydrogen-bond acceptors (Lipinski definition) is 1. The molecule has 0 radical (unpaired) electrons. The third-order valence-corrected chi connectivity index (χ3v) is 3.38. The Hall–Kier alpha value is -1.38. The molecule has 1 N–H and O–H groups in total. The Morgan fingerprint density at radius 2 is 1.79 bits per heavy atom. The van der Waals surface area contributed by atoms with Crippen LogP contribution in [0.15, 0.2) is 48.5 Å². The minimum Gasteiger partial charge on any atom is -0.396 e. The first-order valence-corrected chi connectivity index (χ1v) is 6.65. The first kappa shape index (κ1) is 14.0. The molecule has 100 valence electrons. The van der Waals surface area contributed by atoms with Crippen LogP contribution < -0.4 is 0 Å². The highest BCUT2D eigenvalue weighted by Gasteiger charge is 2.12. The zero-order valence-corrected chi connectivity index (χ0v) is 11.3. The van der Waals surface area contributed by atoms with E-state index < -0.39 is 0 Å². The molecule has 2 aromatic carbocycles. The van der Waals surface area contributed by atoms with Crippen LogP contribution in [0.25, 0.3) is 0 Å². The van der Waals surface area contributed by atoms with Crippen LogP contribution in [0.2, 0.25) is 5.02 Å². The molecular weight excluding hydrogens is 263 g/mol. The summed E-state index contributed by atoms with van der Waals surface area (Å²) in [5.74, 6) is -0.294. The number of benzene rings is 2. The van der Waals surface area contributed by atoms with E-state index in [0.717, 1.165) is 12.0 Å². The van der Waals surface area contributed by atoms with Crippen LogP contribution in [0.4, 0.5) is 4.39 Å². The minimum atomic E-state index is -0.306. The van der Waals surface area contributed by atoms with E-state index >= 15 is 0 Å². The van der Waals surface area contributed by atoms with Gasteiger partial charge in [0.15, 0.2) is 0 Å². The summed E-state index contributed by atoms with van der Waals surface area (Å²) >= 11 is 5.73. The van der Waals surface area contributed by atoms with E-state index in [-0.39, 0.29) is 18.3 Å². The Morgan fingerprint density at radius 1 is 1.05 bits per heavy atom. The Balaban J connectivity index is 2.06. The lowest BCUT2D eigenvalue weighted by molar-refractivity contribution is 0.224. The fourth-order valence-electron chi connectivity index (χ4n) is 2.15. The molecule has 1 unspecified atom stereocenters. The standard InChI is InChI=1S/C16H16ClFO/c17-15-7-6-14(16(18)10-15)9-13(11-19)8-12-4-2-1-3-5-12/h1-7,10,13,19H,8-9,11H2. The van der Waals surface area contributed by atoms with Gasteiger partial charge in [0, 0.05) is 11.6 Å². The molecule has 0 aliphatic carbocycles. The van der Waals surface area contributed by atoms with E-state index in [0.29, 0.717) is 17.0 Å². The zero-order valence-electron chi connectivity index (χ0n) is 10.5. The number of rotatable bonds is 5. The van der Waals surface area contributed by atoms with Crippen molar-refractivity contribution in [2.45, 2.75) is 12.8 Å². The van der Waals surface area contributed by atoms with Gasteiger partial charge in [0.25, 0.3) is 0 Å². The van der Waals surface area contributed by atoms with Crippen LogP contribution in [0.1, 0.15) is 11.1 Å². The Bertz CT molecular complexity index is 528. The van der Waals surface area contributed by atoms with Gasteiger partial charge in [0.05, 0.1) is 0 Å². The van der Waals surface area contributed by atoms with Gasteiger partial charge in [-0.1, -0.05) is 48.0 Å². The fourth-order valence-corrected chi connectivity index (χ4v) is 2.31. The van der Waals surface area contributed by atoms with Gasteiger partial charge in [-0.3, -0.25) is 0 Å². The molecule has 0 aromatic heterocycles. The Labute approximate surface area is 117 Å². The van der Waals surface area contributed by atoms with Crippen molar-refractivity contribution in [3.05, 3.63) is 70.5 Å². The second-order valence-corrected chi connectivity index (χ2v) is 5.11. The Morgan fingerprint density at radius 3 is 2.42 bits per heavy atom. The second kappa shape index (κ2) is 6.69. The molecule has 0 saturated heterocycles. The van der Waals surface area contributed by atoms with Crippen molar-refractivity contribution in [3.63, 3.8) is 0 Å².